The zero-order valence-corrected chi connectivity index (χ0v) is 13.5. The number of fused-ring (bicyclic) bond motifs is 1. The van der Waals surface area contributed by atoms with E-state index in [4.69, 9.17) is 4.74 Å². The van der Waals surface area contributed by atoms with Crippen LogP contribution in [0.3, 0.4) is 0 Å². The maximum absolute atomic E-state index is 11.8. The molecule has 0 spiro atoms. The Hall–Kier alpha value is -1.55. The number of carbonyl (C=O) groups is 1. The van der Waals surface area contributed by atoms with E-state index < -0.39 is 4.32 Å². The summed E-state index contributed by atoms with van der Waals surface area (Å²) in [5.74, 6) is 0.826. The molecule has 2 aromatic carbocycles. The zero-order chi connectivity index (χ0) is 14.8. The molecule has 4 heteroatoms. The van der Waals surface area contributed by atoms with E-state index in [1.54, 1.807) is 7.11 Å². The standard InChI is InChI=1S/C16H18BrNO2/c1-16(2,17)15(19)18-10-11-4-5-13-9-14(20-3)7-6-12(13)8-11/h4-9H,10H2,1-3H3,(H,18,19). The van der Waals surface area contributed by atoms with Gasteiger partial charge in [0.1, 0.15) is 5.75 Å². The van der Waals surface area contributed by atoms with Crippen LogP contribution < -0.4 is 10.1 Å². The van der Waals surface area contributed by atoms with Crippen LogP contribution in [-0.2, 0) is 11.3 Å². The van der Waals surface area contributed by atoms with Gasteiger partial charge in [0.2, 0.25) is 5.91 Å². The van der Waals surface area contributed by atoms with E-state index in [1.165, 1.54) is 0 Å². The summed E-state index contributed by atoms with van der Waals surface area (Å²) in [6.45, 7) is 4.18. The fourth-order valence-corrected chi connectivity index (χ4v) is 2.04. The van der Waals surface area contributed by atoms with Gasteiger partial charge in [0, 0.05) is 6.54 Å². The van der Waals surface area contributed by atoms with Crippen molar-refractivity contribution >= 4 is 32.6 Å². The fraction of sp³-hybridized carbons (Fsp3) is 0.312. The Morgan fingerprint density at radius 1 is 1.20 bits per heavy atom. The Morgan fingerprint density at radius 3 is 2.50 bits per heavy atom. The van der Waals surface area contributed by atoms with Crippen LogP contribution in [0, 0.1) is 0 Å². The van der Waals surface area contributed by atoms with Gasteiger partial charge in [0.05, 0.1) is 11.4 Å². The Balaban J connectivity index is 2.14. The third-order valence-electron chi connectivity index (χ3n) is 3.10. The molecule has 2 aromatic rings. The maximum atomic E-state index is 11.8. The largest absolute Gasteiger partial charge is 0.497 e. The molecule has 1 amide bonds. The lowest BCUT2D eigenvalue weighted by Gasteiger charge is -2.16. The van der Waals surface area contributed by atoms with Crippen LogP contribution in [0.2, 0.25) is 0 Å². The van der Waals surface area contributed by atoms with E-state index in [0.29, 0.717) is 6.54 Å². The van der Waals surface area contributed by atoms with Crippen LogP contribution in [0.25, 0.3) is 10.8 Å². The van der Waals surface area contributed by atoms with Gasteiger partial charge in [-0.05, 0) is 48.4 Å². The van der Waals surface area contributed by atoms with Crippen molar-refractivity contribution in [2.45, 2.75) is 24.7 Å². The lowest BCUT2D eigenvalue weighted by Crippen LogP contribution is -2.36. The lowest BCUT2D eigenvalue weighted by atomic mass is 10.1. The van der Waals surface area contributed by atoms with Gasteiger partial charge in [-0.2, -0.15) is 0 Å². The Bertz CT molecular complexity index is 632. The number of ether oxygens (including phenoxy) is 1. The minimum atomic E-state index is -0.544. The molecule has 0 fully saturated rings. The first-order valence-corrected chi connectivity index (χ1v) is 7.23. The normalized spacial score (nSPS) is 11.4. The summed E-state index contributed by atoms with van der Waals surface area (Å²) >= 11 is 3.35. The third-order valence-corrected chi connectivity index (χ3v) is 3.46. The van der Waals surface area contributed by atoms with Gasteiger partial charge in [-0.1, -0.05) is 34.1 Å². The molecule has 0 radical (unpaired) electrons. The van der Waals surface area contributed by atoms with Gasteiger partial charge >= 0.3 is 0 Å². The number of rotatable bonds is 4. The van der Waals surface area contributed by atoms with E-state index in [2.05, 4.69) is 27.3 Å². The molecule has 0 aromatic heterocycles. The van der Waals surface area contributed by atoms with Crippen molar-refractivity contribution in [2.24, 2.45) is 0 Å². The van der Waals surface area contributed by atoms with E-state index in [9.17, 15) is 4.79 Å². The lowest BCUT2D eigenvalue weighted by molar-refractivity contribution is -0.122. The fourth-order valence-electron chi connectivity index (χ4n) is 1.90. The summed E-state index contributed by atoms with van der Waals surface area (Å²) < 4.78 is 4.66. The molecule has 106 valence electrons. The molecular formula is C16H18BrNO2. The summed E-state index contributed by atoms with van der Waals surface area (Å²) in [6, 6.07) is 12.1. The summed E-state index contributed by atoms with van der Waals surface area (Å²) in [4.78, 5) is 11.8. The number of amides is 1. The van der Waals surface area contributed by atoms with Crippen molar-refractivity contribution in [2.75, 3.05) is 7.11 Å². The Labute approximate surface area is 127 Å². The van der Waals surface area contributed by atoms with Crippen LogP contribution in [-0.4, -0.2) is 17.3 Å². The molecule has 0 saturated heterocycles. The second-order valence-electron chi connectivity index (χ2n) is 5.20. The van der Waals surface area contributed by atoms with Gasteiger partial charge in [0.25, 0.3) is 0 Å². The molecule has 0 aliphatic heterocycles. The van der Waals surface area contributed by atoms with Gasteiger partial charge in [-0.15, -0.1) is 0 Å². The van der Waals surface area contributed by atoms with Crippen LogP contribution in [0.15, 0.2) is 36.4 Å². The Morgan fingerprint density at radius 2 is 1.85 bits per heavy atom. The molecule has 0 aliphatic carbocycles. The topological polar surface area (TPSA) is 38.3 Å². The molecule has 3 nitrogen and oxygen atoms in total. The Kier molecular flexibility index (Phi) is 4.33. The van der Waals surface area contributed by atoms with Gasteiger partial charge in [-0.3, -0.25) is 4.79 Å². The number of nitrogens with one attached hydrogen (secondary N) is 1. The van der Waals surface area contributed by atoms with Gasteiger partial charge in [-0.25, -0.2) is 0 Å². The highest BCUT2D eigenvalue weighted by molar-refractivity contribution is 9.10. The molecule has 2 rings (SSSR count). The van der Waals surface area contributed by atoms with Crippen LogP contribution >= 0.6 is 15.9 Å². The molecule has 0 atom stereocenters. The number of alkyl halides is 1. The minimum absolute atomic E-state index is 0.0210. The smallest absolute Gasteiger partial charge is 0.236 e. The van der Waals surface area contributed by atoms with Crippen LogP contribution in [0.1, 0.15) is 19.4 Å². The van der Waals surface area contributed by atoms with E-state index in [0.717, 1.165) is 22.1 Å². The summed E-state index contributed by atoms with van der Waals surface area (Å²) in [5.41, 5.74) is 1.08. The summed E-state index contributed by atoms with van der Waals surface area (Å²) in [5, 5.41) is 5.18. The average molecular weight is 336 g/mol. The molecule has 0 heterocycles. The SMILES string of the molecule is COc1ccc2cc(CNC(=O)C(C)(C)Br)ccc2c1. The van der Waals surface area contributed by atoms with Crippen LogP contribution in [0.4, 0.5) is 0 Å². The van der Waals surface area contributed by atoms with Crippen molar-refractivity contribution in [3.8, 4) is 5.75 Å². The molecule has 0 unspecified atom stereocenters. The average Bonchev–Trinajstić information content (AvgIpc) is 2.42. The van der Waals surface area contributed by atoms with Crippen molar-refractivity contribution < 1.29 is 9.53 Å². The second kappa shape index (κ2) is 5.83. The predicted molar refractivity (Wildman–Crippen MR) is 85.4 cm³/mol. The number of methoxy groups -OCH3 is 1. The van der Waals surface area contributed by atoms with Crippen molar-refractivity contribution in [3.05, 3.63) is 42.0 Å². The highest BCUT2D eigenvalue weighted by atomic mass is 79.9. The van der Waals surface area contributed by atoms with Gasteiger partial charge in [0.15, 0.2) is 0 Å². The second-order valence-corrected chi connectivity index (χ2v) is 7.19. The first-order valence-electron chi connectivity index (χ1n) is 6.44. The van der Waals surface area contributed by atoms with E-state index in [-0.39, 0.29) is 5.91 Å². The first-order chi connectivity index (χ1) is 9.40. The molecule has 0 aliphatic rings. The molecular weight excluding hydrogens is 318 g/mol. The zero-order valence-electron chi connectivity index (χ0n) is 11.9. The summed E-state index contributed by atoms with van der Waals surface area (Å²) in [6.07, 6.45) is 0. The number of hydrogen-bond acceptors (Lipinski definition) is 2. The van der Waals surface area contributed by atoms with Gasteiger partial charge < -0.3 is 10.1 Å². The minimum Gasteiger partial charge on any atom is -0.497 e. The highest BCUT2D eigenvalue weighted by Crippen LogP contribution is 2.22. The van der Waals surface area contributed by atoms with Crippen LogP contribution in [0.5, 0.6) is 5.75 Å². The molecule has 20 heavy (non-hydrogen) atoms. The van der Waals surface area contributed by atoms with Crippen molar-refractivity contribution in [1.82, 2.24) is 5.32 Å². The highest BCUT2D eigenvalue weighted by Gasteiger charge is 2.22. The third kappa shape index (κ3) is 3.51. The maximum Gasteiger partial charge on any atom is 0.236 e. The monoisotopic (exact) mass is 335 g/mol. The molecule has 0 saturated carbocycles. The number of halogens is 1. The quantitative estimate of drug-likeness (QED) is 0.866. The van der Waals surface area contributed by atoms with E-state index >= 15 is 0 Å². The molecule has 0 bridgehead atoms. The van der Waals surface area contributed by atoms with Crippen molar-refractivity contribution in [3.63, 3.8) is 0 Å². The summed E-state index contributed by atoms with van der Waals surface area (Å²) in [7, 11) is 1.66. The van der Waals surface area contributed by atoms with E-state index in [1.807, 2.05) is 44.2 Å². The van der Waals surface area contributed by atoms with Crippen molar-refractivity contribution in [1.29, 1.82) is 0 Å². The predicted octanol–water partition coefficient (Wildman–Crippen LogP) is 3.64. The number of carbonyl (C=O) groups excluding carboxylic acids is 1. The first kappa shape index (κ1) is 14.9. The number of benzene rings is 2. The number of hydrogen-bond donors (Lipinski definition) is 1. The molecule has 1 N–H and O–H groups in total.